The van der Waals surface area contributed by atoms with Crippen LogP contribution < -0.4 is 10.1 Å². The minimum absolute atomic E-state index is 0.00582. The van der Waals surface area contributed by atoms with Crippen molar-refractivity contribution in [1.29, 1.82) is 0 Å². The molecule has 1 N–H and O–H groups in total. The summed E-state index contributed by atoms with van der Waals surface area (Å²) in [7, 11) is 0. The highest BCUT2D eigenvalue weighted by Gasteiger charge is 2.07. The number of hydrogen-bond acceptors (Lipinski definition) is 4. The zero-order valence-electron chi connectivity index (χ0n) is 14.1. The molecule has 0 saturated heterocycles. The molecule has 0 aliphatic heterocycles. The van der Waals surface area contributed by atoms with Gasteiger partial charge in [0.2, 0.25) is 0 Å². The van der Waals surface area contributed by atoms with Crippen LogP contribution in [0.1, 0.15) is 21.8 Å². The van der Waals surface area contributed by atoms with E-state index in [2.05, 4.69) is 22.4 Å². The van der Waals surface area contributed by atoms with E-state index in [9.17, 15) is 4.79 Å². The first-order valence-corrected chi connectivity index (χ1v) is 9.01. The first kappa shape index (κ1) is 17.2. The summed E-state index contributed by atoms with van der Waals surface area (Å²) in [5.74, 6) is 0.581. The maximum Gasteiger partial charge on any atom is 0.258 e. The molecule has 1 amide bonds. The Balaban J connectivity index is 1.45. The number of aromatic nitrogens is 1. The number of rotatable bonds is 7. The van der Waals surface area contributed by atoms with E-state index in [1.807, 2.05) is 54.8 Å². The Bertz CT molecular complexity index is 830. The summed E-state index contributed by atoms with van der Waals surface area (Å²) in [5, 5.41) is 5.88. The Hall–Kier alpha value is -2.66. The van der Waals surface area contributed by atoms with Crippen molar-refractivity contribution in [2.45, 2.75) is 19.9 Å². The lowest BCUT2D eigenvalue weighted by molar-refractivity contribution is -0.123. The number of nitrogens with zero attached hydrogens (tertiary/aromatic N) is 1. The van der Waals surface area contributed by atoms with Gasteiger partial charge in [0.1, 0.15) is 5.75 Å². The predicted molar refractivity (Wildman–Crippen MR) is 99.9 cm³/mol. The first-order chi connectivity index (χ1) is 12.2. The third kappa shape index (κ3) is 5.16. The Kier molecular flexibility index (Phi) is 5.80. The summed E-state index contributed by atoms with van der Waals surface area (Å²) in [4.78, 5) is 16.5. The van der Waals surface area contributed by atoms with Crippen LogP contribution in [0.4, 0.5) is 0 Å². The van der Waals surface area contributed by atoms with Crippen LogP contribution >= 0.6 is 11.3 Å². The molecule has 1 heterocycles. The average Bonchev–Trinajstić information content (AvgIpc) is 3.07. The van der Waals surface area contributed by atoms with Crippen LogP contribution in [-0.2, 0) is 17.8 Å². The number of nitrogens with one attached hydrogen (secondary N) is 1. The highest BCUT2D eigenvalue weighted by atomic mass is 32.1. The van der Waals surface area contributed by atoms with Gasteiger partial charge in [0, 0.05) is 11.8 Å². The molecule has 4 nitrogen and oxygen atoms in total. The molecule has 3 aromatic rings. The minimum atomic E-state index is -0.152. The maximum absolute atomic E-state index is 11.9. The second kappa shape index (κ2) is 8.44. The summed E-state index contributed by atoms with van der Waals surface area (Å²) < 4.78 is 5.54. The first-order valence-electron chi connectivity index (χ1n) is 8.13. The fraction of sp³-hybridized carbons (Fsp3) is 0.200. The van der Waals surface area contributed by atoms with E-state index >= 15 is 0 Å². The van der Waals surface area contributed by atoms with Crippen molar-refractivity contribution in [2.75, 3.05) is 6.61 Å². The Morgan fingerprint density at radius 3 is 2.68 bits per heavy atom. The lowest BCUT2D eigenvalue weighted by Crippen LogP contribution is -2.28. The van der Waals surface area contributed by atoms with Crippen molar-refractivity contribution in [3.63, 3.8) is 0 Å². The second-order valence-corrected chi connectivity index (χ2v) is 6.67. The quantitative estimate of drug-likeness (QED) is 0.705. The smallest absolute Gasteiger partial charge is 0.258 e. The van der Waals surface area contributed by atoms with Crippen molar-refractivity contribution in [2.24, 2.45) is 0 Å². The van der Waals surface area contributed by atoms with Crippen LogP contribution in [-0.4, -0.2) is 17.5 Å². The van der Waals surface area contributed by atoms with Crippen LogP contribution in [0.15, 0.2) is 60.0 Å². The molecule has 0 fully saturated rings. The van der Waals surface area contributed by atoms with E-state index in [1.165, 1.54) is 5.56 Å². The van der Waals surface area contributed by atoms with Gasteiger partial charge in [0.15, 0.2) is 6.61 Å². The van der Waals surface area contributed by atoms with Gasteiger partial charge in [0.05, 0.1) is 17.2 Å². The normalized spacial score (nSPS) is 10.4. The van der Waals surface area contributed by atoms with Crippen LogP contribution in [0.25, 0.3) is 0 Å². The molecule has 2 aromatic carbocycles. The van der Waals surface area contributed by atoms with Crippen LogP contribution in [0.2, 0.25) is 0 Å². The van der Waals surface area contributed by atoms with Gasteiger partial charge in [-0.25, -0.2) is 4.98 Å². The molecular formula is C20H20N2O2S. The van der Waals surface area contributed by atoms with Gasteiger partial charge >= 0.3 is 0 Å². The van der Waals surface area contributed by atoms with E-state index in [0.717, 1.165) is 28.4 Å². The fourth-order valence-corrected chi connectivity index (χ4v) is 3.21. The summed E-state index contributed by atoms with van der Waals surface area (Å²) in [6.45, 7) is 2.38. The van der Waals surface area contributed by atoms with E-state index < -0.39 is 0 Å². The van der Waals surface area contributed by atoms with Crippen LogP contribution in [0.3, 0.4) is 0 Å². The van der Waals surface area contributed by atoms with Gasteiger partial charge in [-0.3, -0.25) is 4.79 Å². The zero-order valence-corrected chi connectivity index (χ0v) is 14.9. The number of hydrogen-bond donors (Lipinski definition) is 1. The molecule has 0 spiro atoms. The number of carbonyl (C=O) groups is 1. The van der Waals surface area contributed by atoms with Crippen molar-refractivity contribution < 1.29 is 9.53 Å². The minimum Gasteiger partial charge on any atom is -0.484 e. The number of carbonyl (C=O) groups excluding carboxylic acids is 1. The third-order valence-corrected chi connectivity index (χ3v) is 4.61. The Morgan fingerprint density at radius 2 is 1.88 bits per heavy atom. The molecule has 1 aromatic heterocycles. The largest absolute Gasteiger partial charge is 0.484 e. The summed E-state index contributed by atoms with van der Waals surface area (Å²) in [6.07, 6.45) is 0.815. The van der Waals surface area contributed by atoms with Gasteiger partial charge in [-0.1, -0.05) is 48.5 Å². The number of thiazole rings is 1. The molecule has 0 unspecified atom stereocenters. The van der Waals surface area contributed by atoms with Gasteiger partial charge in [-0.15, -0.1) is 11.3 Å². The topological polar surface area (TPSA) is 51.2 Å². The Labute approximate surface area is 151 Å². The van der Waals surface area contributed by atoms with Crippen LogP contribution in [0, 0.1) is 6.92 Å². The zero-order chi connectivity index (χ0) is 17.5. The SMILES string of the molecule is Cc1ccccc1OCC(=O)NCc1csc(Cc2ccccc2)n1. The predicted octanol–water partition coefficient (Wildman–Crippen LogP) is 3.74. The standard InChI is InChI=1S/C20H20N2O2S/c1-15-7-5-6-10-18(15)24-13-19(23)21-12-17-14-25-20(22-17)11-16-8-3-2-4-9-16/h2-10,14H,11-13H2,1H3,(H,21,23). The van der Waals surface area contributed by atoms with Gasteiger partial charge in [0.25, 0.3) is 5.91 Å². The molecular weight excluding hydrogens is 332 g/mol. The molecule has 0 bridgehead atoms. The fourth-order valence-electron chi connectivity index (χ4n) is 2.38. The molecule has 0 saturated carbocycles. The number of para-hydroxylation sites is 1. The summed E-state index contributed by atoms with van der Waals surface area (Å²) in [5.41, 5.74) is 3.12. The molecule has 0 aliphatic carbocycles. The molecule has 128 valence electrons. The van der Waals surface area contributed by atoms with E-state index in [1.54, 1.807) is 11.3 Å². The molecule has 3 rings (SSSR count). The average molecular weight is 352 g/mol. The van der Waals surface area contributed by atoms with Crippen molar-refractivity contribution >= 4 is 17.2 Å². The highest BCUT2D eigenvalue weighted by Crippen LogP contribution is 2.16. The second-order valence-electron chi connectivity index (χ2n) is 5.73. The van der Waals surface area contributed by atoms with E-state index in [0.29, 0.717) is 6.54 Å². The van der Waals surface area contributed by atoms with Gasteiger partial charge in [-0.05, 0) is 24.1 Å². The van der Waals surface area contributed by atoms with E-state index in [-0.39, 0.29) is 12.5 Å². The summed E-state index contributed by atoms with van der Waals surface area (Å²) in [6, 6.07) is 17.9. The molecule has 25 heavy (non-hydrogen) atoms. The van der Waals surface area contributed by atoms with Crippen molar-refractivity contribution in [1.82, 2.24) is 10.3 Å². The van der Waals surface area contributed by atoms with Crippen molar-refractivity contribution in [3.8, 4) is 5.75 Å². The highest BCUT2D eigenvalue weighted by molar-refractivity contribution is 7.09. The monoisotopic (exact) mass is 352 g/mol. The number of ether oxygens (including phenoxy) is 1. The van der Waals surface area contributed by atoms with Crippen molar-refractivity contribution in [3.05, 3.63) is 81.8 Å². The maximum atomic E-state index is 11.9. The lowest BCUT2D eigenvalue weighted by atomic mass is 10.2. The lowest BCUT2D eigenvalue weighted by Gasteiger charge is -2.08. The van der Waals surface area contributed by atoms with Crippen LogP contribution in [0.5, 0.6) is 5.75 Å². The third-order valence-electron chi connectivity index (χ3n) is 3.72. The molecule has 5 heteroatoms. The molecule has 0 aliphatic rings. The van der Waals surface area contributed by atoms with Gasteiger partial charge < -0.3 is 10.1 Å². The molecule has 0 atom stereocenters. The Morgan fingerprint density at radius 1 is 1.12 bits per heavy atom. The molecule has 0 radical (unpaired) electrons. The summed E-state index contributed by atoms with van der Waals surface area (Å²) >= 11 is 1.61. The number of aryl methyl sites for hydroxylation is 1. The van der Waals surface area contributed by atoms with E-state index in [4.69, 9.17) is 4.74 Å². The number of amides is 1. The number of benzene rings is 2. The van der Waals surface area contributed by atoms with Gasteiger partial charge in [-0.2, -0.15) is 0 Å².